The highest BCUT2D eigenvalue weighted by atomic mass is 32.2. The van der Waals surface area contributed by atoms with E-state index in [2.05, 4.69) is 0 Å². The number of carboxylic acids is 1. The highest BCUT2D eigenvalue weighted by Crippen LogP contribution is 2.23. The summed E-state index contributed by atoms with van der Waals surface area (Å²) in [7, 11) is -4.10. The van der Waals surface area contributed by atoms with E-state index in [0.717, 1.165) is 12.1 Å². The molecular weight excluding hydrogens is 290 g/mol. The summed E-state index contributed by atoms with van der Waals surface area (Å²) in [4.78, 5) is 10.1. The van der Waals surface area contributed by atoms with Gasteiger partial charge in [0.2, 0.25) is 9.84 Å². The second-order valence-corrected chi connectivity index (χ2v) is 5.86. The van der Waals surface area contributed by atoms with Gasteiger partial charge >= 0.3 is 5.97 Å². The van der Waals surface area contributed by atoms with Gasteiger partial charge in [-0.25, -0.2) is 22.0 Å². The summed E-state index contributed by atoms with van der Waals surface area (Å²) in [5.41, 5.74) is -0.214. The predicted octanol–water partition coefficient (Wildman–Crippen LogP) is 2.50. The zero-order valence-corrected chi connectivity index (χ0v) is 10.7. The highest BCUT2D eigenvalue weighted by Gasteiger charge is 2.20. The molecule has 0 saturated carbocycles. The lowest BCUT2D eigenvalue weighted by Gasteiger charge is -2.06. The SMILES string of the molecule is O=C(O)c1cccc(S(=O)(=O)c2ccc(F)c(F)c2)c1. The van der Waals surface area contributed by atoms with Crippen molar-refractivity contribution in [3.8, 4) is 0 Å². The van der Waals surface area contributed by atoms with Crippen LogP contribution in [0.3, 0.4) is 0 Å². The molecule has 0 saturated heterocycles. The van der Waals surface area contributed by atoms with E-state index in [4.69, 9.17) is 5.11 Å². The third kappa shape index (κ3) is 2.53. The molecule has 0 aliphatic carbocycles. The molecule has 0 unspecified atom stereocenters. The fourth-order valence-corrected chi connectivity index (χ4v) is 2.89. The van der Waals surface area contributed by atoms with Crippen molar-refractivity contribution in [2.24, 2.45) is 0 Å². The molecule has 104 valence electrons. The van der Waals surface area contributed by atoms with E-state index in [1.54, 1.807) is 0 Å². The van der Waals surface area contributed by atoms with Crippen LogP contribution < -0.4 is 0 Å². The Morgan fingerprint density at radius 3 is 2.20 bits per heavy atom. The third-order valence-electron chi connectivity index (χ3n) is 2.59. The first-order valence-electron chi connectivity index (χ1n) is 5.36. The summed E-state index contributed by atoms with van der Waals surface area (Å²) in [6.45, 7) is 0. The lowest BCUT2D eigenvalue weighted by Crippen LogP contribution is -2.05. The predicted molar refractivity (Wildman–Crippen MR) is 65.2 cm³/mol. The zero-order chi connectivity index (χ0) is 14.9. The normalized spacial score (nSPS) is 11.3. The van der Waals surface area contributed by atoms with Gasteiger partial charge in [-0.05, 0) is 36.4 Å². The molecule has 0 aromatic heterocycles. The second kappa shape index (κ2) is 5.01. The fraction of sp³-hybridized carbons (Fsp3) is 0. The maximum Gasteiger partial charge on any atom is 0.335 e. The molecule has 20 heavy (non-hydrogen) atoms. The number of halogens is 2. The number of hydrogen-bond acceptors (Lipinski definition) is 3. The average Bonchev–Trinajstić information content (AvgIpc) is 2.42. The number of sulfone groups is 1. The Bertz CT molecular complexity index is 785. The van der Waals surface area contributed by atoms with Crippen LogP contribution >= 0.6 is 0 Å². The van der Waals surface area contributed by atoms with Gasteiger partial charge in [-0.1, -0.05) is 6.07 Å². The molecule has 0 bridgehead atoms. The Kier molecular flexibility index (Phi) is 3.54. The molecule has 2 rings (SSSR count). The van der Waals surface area contributed by atoms with Gasteiger partial charge in [0.15, 0.2) is 11.6 Å². The van der Waals surface area contributed by atoms with Crippen molar-refractivity contribution in [3.05, 3.63) is 59.7 Å². The average molecular weight is 298 g/mol. The van der Waals surface area contributed by atoms with Crippen LogP contribution in [-0.2, 0) is 9.84 Å². The topological polar surface area (TPSA) is 71.4 Å². The Balaban J connectivity index is 2.57. The number of carbonyl (C=O) groups is 1. The summed E-state index contributed by atoms with van der Waals surface area (Å²) in [6.07, 6.45) is 0. The van der Waals surface area contributed by atoms with Crippen molar-refractivity contribution in [2.75, 3.05) is 0 Å². The van der Waals surface area contributed by atoms with E-state index in [1.807, 2.05) is 0 Å². The molecule has 2 aromatic carbocycles. The number of carboxylic acid groups (broad SMARTS) is 1. The van der Waals surface area contributed by atoms with E-state index in [-0.39, 0.29) is 10.5 Å². The zero-order valence-electron chi connectivity index (χ0n) is 9.88. The van der Waals surface area contributed by atoms with Crippen LogP contribution in [0.1, 0.15) is 10.4 Å². The van der Waals surface area contributed by atoms with E-state index >= 15 is 0 Å². The van der Waals surface area contributed by atoms with Crippen LogP contribution in [0.5, 0.6) is 0 Å². The molecule has 1 N–H and O–H groups in total. The lowest BCUT2D eigenvalue weighted by atomic mass is 10.2. The molecule has 0 heterocycles. The minimum atomic E-state index is -4.10. The number of hydrogen-bond donors (Lipinski definition) is 1. The van der Waals surface area contributed by atoms with Crippen molar-refractivity contribution in [3.63, 3.8) is 0 Å². The summed E-state index contributed by atoms with van der Waals surface area (Å²) in [6, 6.07) is 6.80. The molecule has 0 amide bonds. The quantitative estimate of drug-likeness (QED) is 0.884. The summed E-state index contributed by atoms with van der Waals surface area (Å²) in [5.74, 6) is -3.74. The number of rotatable bonds is 3. The monoisotopic (exact) mass is 298 g/mol. The van der Waals surface area contributed by atoms with Crippen LogP contribution in [-0.4, -0.2) is 19.5 Å². The molecular formula is C13H8F2O4S. The van der Waals surface area contributed by atoms with Crippen molar-refractivity contribution in [2.45, 2.75) is 9.79 Å². The Hall–Kier alpha value is -2.28. The van der Waals surface area contributed by atoms with Gasteiger partial charge in [0.05, 0.1) is 15.4 Å². The summed E-state index contributed by atoms with van der Waals surface area (Å²) >= 11 is 0. The van der Waals surface area contributed by atoms with Gasteiger partial charge in [0.1, 0.15) is 0 Å². The third-order valence-corrected chi connectivity index (χ3v) is 4.34. The first-order chi connectivity index (χ1) is 9.32. The van der Waals surface area contributed by atoms with Gasteiger partial charge in [0, 0.05) is 0 Å². The van der Waals surface area contributed by atoms with Crippen molar-refractivity contribution >= 4 is 15.8 Å². The molecule has 0 atom stereocenters. The first-order valence-corrected chi connectivity index (χ1v) is 6.84. The van der Waals surface area contributed by atoms with Gasteiger partial charge < -0.3 is 5.11 Å². The van der Waals surface area contributed by atoms with Crippen LogP contribution in [0.25, 0.3) is 0 Å². The first kappa shape index (κ1) is 14.1. The lowest BCUT2D eigenvalue weighted by molar-refractivity contribution is 0.0696. The second-order valence-electron chi connectivity index (χ2n) is 3.91. The highest BCUT2D eigenvalue weighted by molar-refractivity contribution is 7.91. The van der Waals surface area contributed by atoms with E-state index in [9.17, 15) is 22.0 Å². The molecule has 0 aliphatic heterocycles. The van der Waals surface area contributed by atoms with Crippen molar-refractivity contribution in [1.82, 2.24) is 0 Å². The standard InChI is InChI=1S/C13H8F2O4S/c14-11-5-4-10(7-12(11)15)20(18,19)9-3-1-2-8(6-9)13(16)17/h1-7H,(H,16,17). The van der Waals surface area contributed by atoms with Gasteiger partial charge in [-0.3, -0.25) is 0 Å². The smallest absolute Gasteiger partial charge is 0.335 e. The van der Waals surface area contributed by atoms with Gasteiger partial charge in [0.25, 0.3) is 0 Å². The summed E-state index contributed by atoms with van der Waals surface area (Å²) in [5, 5.41) is 8.82. The minimum absolute atomic E-state index is 0.214. The summed E-state index contributed by atoms with van der Waals surface area (Å²) < 4.78 is 50.3. The maximum absolute atomic E-state index is 13.1. The number of aromatic carboxylic acids is 1. The number of benzene rings is 2. The largest absolute Gasteiger partial charge is 0.478 e. The Morgan fingerprint density at radius 1 is 0.950 bits per heavy atom. The van der Waals surface area contributed by atoms with Crippen molar-refractivity contribution < 1.29 is 27.1 Å². The van der Waals surface area contributed by atoms with E-state index < -0.39 is 32.3 Å². The minimum Gasteiger partial charge on any atom is -0.478 e. The molecule has 0 aliphatic rings. The van der Waals surface area contributed by atoms with Crippen molar-refractivity contribution in [1.29, 1.82) is 0 Å². The molecule has 0 radical (unpaired) electrons. The van der Waals surface area contributed by atoms with Crippen LogP contribution in [0, 0.1) is 11.6 Å². The molecule has 2 aromatic rings. The van der Waals surface area contributed by atoms with Crippen LogP contribution in [0.4, 0.5) is 8.78 Å². The Morgan fingerprint density at radius 2 is 1.60 bits per heavy atom. The van der Waals surface area contributed by atoms with E-state index in [0.29, 0.717) is 12.1 Å². The van der Waals surface area contributed by atoms with Gasteiger partial charge in [-0.2, -0.15) is 0 Å². The molecule has 7 heteroatoms. The van der Waals surface area contributed by atoms with Crippen LogP contribution in [0.2, 0.25) is 0 Å². The van der Waals surface area contributed by atoms with Crippen LogP contribution in [0.15, 0.2) is 52.3 Å². The Labute approximate surface area is 113 Å². The molecule has 0 spiro atoms. The molecule has 0 fully saturated rings. The fourth-order valence-electron chi connectivity index (χ4n) is 1.58. The molecule has 4 nitrogen and oxygen atoms in total. The maximum atomic E-state index is 13.1. The van der Waals surface area contributed by atoms with Gasteiger partial charge in [-0.15, -0.1) is 0 Å². The van der Waals surface area contributed by atoms with E-state index in [1.165, 1.54) is 18.2 Å².